The van der Waals surface area contributed by atoms with E-state index in [-0.39, 0.29) is 24.5 Å². The van der Waals surface area contributed by atoms with Gasteiger partial charge in [0.15, 0.2) is 0 Å². The maximum absolute atomic E-state index is 13.6. The van der Waals surface area contributed by atoms with E-state index in [9.17, 15) is 14.0 Å². The van der Waals surface area contributed by atoms with Gasteiger partial charge in [0.2, 0.25) is 0 Å². The van der Waals surface area contributed by atoms with Crippen molar-refractivity contribution >= 4 is 23.6 Å². The lowest BCUT2D eigenvalue weighted by Gasteiger charge is -2.26. The molecule has 0 spiro atoms. The van der Waals surface area contributed by atoms with Crippen LogP contribution in [0, 0.1) is 11.7 Å². The third-order valence-electron chi connectivity index (χ3n) is 3.87. The van der Waals surface area contributed by atoms with Crippen molar-refractivity contribution in [1.29, 1.82) is 0 Å². The highest BCUT2D eigenvalue weighted by Gasteiger charge is 2.26. The molecule has 0 aliphatic heterocycles. The summed E-state index contributed by atoms with van der Waals surface area (Å²) in [6, 6.07) is 3.87. The van der Waals surface area contributed by atoms with Crippen LogP contribution in [0.4, 0.5) is 9.18 Å². The smallest absolute Gasteiger partial charge is 0.315 e. The SMILES string of the molecule is O=C(NCc1ccc(Cl)cc1F)NC1CCC(C(=O)O)CC1. The lowest BCUT2D eigenvalue weighted by atomic mass is 9.86. The monoisotopic (exact) mass is 328 g/mol. The van der Waals surface area contributed by atoms with E-state index < -0.39 is 11.8 Å². The van der Waals surface area contributed by atoms with E-state index in [2.05, 4.69) is 10.6 Å². The number of carbonyl (C=O) groups is 2. The van der Waals surface area contributed by atoms with E-state index in [1.165, 1.54) is 12.1 Å². The zero-order valence-corrected chi connectivity index (χ0v) is 12.7. The first-order valence-corrected chi connectivity index (χ1v) is 7.54. The van der Waals surface area contributed by atoms with Gasteiger partial charge in [-0.3, -0.25) is 4.79 Å². The quantitative estimate of drug-likeness (QED) is 0.795. The molecule has 22 heavy (non-hydrogen) atoms. The van der Waals surface area contributed by atoms with Crippen LogP contribution in [0.5, 0.6) is 0 Å². The molecule has 1 fully saturated rings. The van der Waals surface area contributed by atoms with Crippen LogP contribution >= 0.6 is 11.6 Å². The van der Waals surface area contributed by atoms with Crippen LogP contribution in [0.3, 0.4) is 0 Å². The number of aliphatic carboxylic acids is 1. The number of urea groups is 1. The zero-order chi connectivity index (χ0) is 16.1. The van der Waals surface area contributed by atoms with Gasteiger partial charge in [-0.05, 0) is 37.8 Å². The van der Waals surface area contributed by atoms with Crippen LogP contribution in [0.1, 0.15) is 31.2 Å². The Morgan fingerprint density at radius 1 is 1.27 bits per heavy atom. The molecule has 0 unspecified atom stereocenters. The molecule has 5 nitrogen and oxygen atoms in total. The number of nitrogens with one attached hydrogen (secondary N) is 2. The molecule has 0 aromatic heterocycles. The summed E-state index contributed by atoms with van der Waals surface area (Å²) < 4.78 is 13.6. The van der Waals surface area contributed by atoms with Crippen LogP contribution < -0.4 is 10.6 Å². The molecule has 1 aromatic carbocycles. The molecule has 3 N–H and O–H groups in total. The molecule has 1 aliphatic rings. The van der Waals surface area contributed by atoms with E-state index in [4.69, 9.17) is 16.7 Å². The summed E-state index contributed by atoms with van der Waals surface area (Å²) in [4.78, 5) is 22.6. The van der Waals surface area contributed by atoms with Gasteiger partial charge in [-0.25, -0.2) is 9.18 Å². The highest BCUT2D eigenvalue weighted by molar-refractivity contribution is 6.30. The Bertz CT molecular complexity index is 560. The molecule has 7 heteroatoms. The van der Waals surface area contributed by atoms with Gasteiger partial charge in [-0.2, -0.15) is 0 Å². The average Bonchev–Trinajstić information content (AvgIpc) is 2.47. The predicted octanol–water partition coefficient (Wildman–Crippen LogP) is 2.92. The Hall–Kier alpha value is -1.82. The van der Waals surface area contributed by atoms with Gasteiger partial charge in [0.25, 0.3) is 0 Å². The third-order valence-corrected chi connectivity index (χ3v) is 4.10. The molecule has 2 rings (SSSR count). The van der Waals surface area contributed by atoms with Crippen LogP contribution in [0.2, 0.25) is 5.02 Å². The first-order valence-electron chi connectivity index (χ1n) is 7.17. The summed E-state index contributed by atoms with van der Waals surface area (Å²) in [5.74, 6) is -1.56. The van der Waals surface area contributed by atoms with Crippen molar-refractivity contribution in [3.05, 3.63) is 34.6 Å². The van der Waals surface area contributed by atoms with Crippen LogP contribution in [0.15, 0.2) is 18.2 Å². The molecule has 2 amide bonds. The Labute approximate surface area is 132 Å². The number of carbonyl (C=O) groups excluding carboxylic acids is 1. The normalized spacial score (nSPS) is 21.2. The number of halogens is 2. The summed E-state index contributed by atoms with van der Waals surface area (Å²) in [6.07, 6.45) is 2.40. The zero-order valence-electron chi connectivity index (χ0n) is 11.9. The third kappa shape index (κ3) is 4.59. The molecule has 0 atom stereocenters. The topological polar surface area (TPSA) is 78.4 Å². The van der Waals surface area contributed by atoms with Gasteiger partial charge < -0.3 is 15.7 Å². The predicted molar refractivity (Wildman–Crippen MR) is 80.2 cm³/mol. The highest BCUT2D eigenvalue weighted by Crippen LogP contribution is 2.24. The van der Waals surface area contributed by atoms with Gasteiger partial charge in [-0.15, -0.1) is 0 Å². The Morgan fingerprint density at radius 2 is 1.95 bits per heavy atom. The molecule has 0 heterocycles. The molecule has 120 valence electrons. The summed E-state index contributed by atoms with van der Waals surface area (Å²) >= 11 is 5.66. The van der Waals surface area contributed by atoms with Gasteiger partial charge in [0, 0.05) is 23.2 Å². The van der Waals surface area contributed by atoms with Gasteiger partial charge >= 0.3 is 12.0 Å². The molecule has 1 aromatic rings. The number of benzene rings is 1. The van der Waals surface area contributed by atoms with Crippen molar-refractivity contribution in [1.82, 2.24) is 10.6 Å². The van der Waals surface area contributed by atoms with E-state index in [0.717, 1.165) is 0 Å². The summed E-state index contributed by atoms with van der Waals surface area (Å²) in [5, 5.41) is 14.6. The second-order valence-electron chi connectivity index (χ2n) is 5.45. The number of carboxylic acid groups (broad SMARTS) is 1. The summed E-state index contributed by atoms with van der Waals surface area (Å²) in [5.41, 5.74) is 0.356. The van der Waals surface area contributed by atoms with Crippen LogP contribution in [-0.2, 0) is 11.3 Å². The molecule has 0 saturated heterocycles. The molecular formula is C15H18ClFN2O3. The molecule has 0 bridgehead atoms. The molecule has 1 saturated carbocycles. The van der Waals surface area contributed by atoms with Gasteiger partial charge in [-0.1, -0.05) is 17.7 Å². The fourth-order valence-corrected chi connectivity index (χ4v) is 2.72. The fraction of sp³-hybridized carbons (Fsp3) is 0.467. The highest BCUT2D eigenvalue weighted by atomic mass is 35.5. The maximum Gasteiger partial charge on any atom is 0.315 e. The first kappa shape index (κ1) is 16.5. The number of hydrogen-bond acceptors (Lipinski definition) is 2. The van der Waals surface area contributed by atoms with Crippen molar-refractivity contribution in [2.75, 3.05) is 0 Å². The Balaban J connectivity index is 1.75. The number of carboxylic acids is 1. The van der Waals surface area contributed by atoms with Crippen LogP contribution in [-0.4, -0.2) is 23.1 Å². The average molecular weight is 329 g/mol. The van der Waals surface area contributed by atoms with E-state index in [1.54, 1.807) is 6.07 Å². The summed E-state index contributed by atoms with van der Waals surface area (Å²) in [7, 11) is 0. The van der Waals surface area contributed by atoms with Crippen molar-refractivity contribution in [2.45, 2.75) is 38.3 Å². The van der Waals surface area contributed by atoms with Crippen molar-refractivity contribution in [2.24, 2.45) is 5.92 Å². The largest absolute Gasteiger partial charge is 0.481 e. The number of amides is 2. The maximum atomic E-state index is 13.6. The minimum Gasteiger partial charge on any atom is -0.481 e. The minimum absolute atomic E-state index is 0.0364. The second-order valence-corrected chi connectivity index (χ2v) is 5.89. The van der Waals surface area contributed by atoms with E-state index in [1.807, 2.05) is 0 Å². The molecular weight excluding hydrogens is 311 g/mol. The Morgan fingerprint density at radius 3 is 2.55 bits per heavy atom. The molecule has 0 radical (unpaired) electrons. The lowest BCUT2D eigenvalue weighted by Crippen LogP contribution is -2.44. The summed E-state index contributed by atoms with van der Waals surface area (Å²) in [6.45, 7) is 0.0688. The van der Waals surface area contributed by atoms with Gasteiger partial charge in [0.1, 0.15) is 5.82 Å². The first-order chi connectivity index (χ1) is 10.5. The van der Waals surface area contributed by atoms with Crippen molar-refractivity contribution < 1.29 is 19.1 Å². The lowest BCUT2D eigenvalue weighted by molar-refractivity contribution is -0.142. The second kappa shape index (κ2) is 7.45. The van der Waals surface area contributed by atoms with Crippen LogP contribution in [0.25, 0.3) is 0 Å². The van der Waals surface area contributed by atoms with Gasteiger partial charge in [0.05, 0.1) is 5.92 Å². The number of hydrogen-bond donors (Lipinski definition) is 3. The van der Waals surface area contributed by atoms with E-state index >= 15 is 0 Å². The van der Waals surface area contributed by atoms with E-state index in [0.29, 0.717) is 36.3 Å². The van der Waals surface area contributed by atoms with Crippen molar-refractivity contribution in [3.8, 4) is 0 Å². The van der Waals surface area contributed by atoms with Crippen molar-refractivity contribution in [3.63, 3.8) is 0 Å². The fourth-order valence-electron chi connectivity index (χ4n) is 2.56. The minimum atomic E-state index is -0.777. The number of rotatable bonds is 4. The Kier molecular flexibility index (Phi) is 5.60. The molecule has 1 aliphatic carbocycles. The standard InChI is InChI=1S/C15H18ClFN2O3/c16-11-4-1-10(13(17)7-11)8-18-15(22)19-12-5-2-9(3-6-12)14(20)21/h1,4,7,9,12H,2-3,5-6,8H2,(H,20,21)(H2,18,19,22).